The van der Waals surface area contributed by atoms with Gasteiger partial charge in [0.25, 0.3) is 0 Å². The molecule has 2 heterocycles. The zero-order valence-electron chi connectivity index (χ0n) is 13.6. The number of carbonyl (C=O) groups is 1. The second kappa shape index (κ2) is 8.35. The van der Waals surface area contributed by atoms with Crippen molar-refractivity contribution in [1.82, 2.24) is 15.2 Å². The van der Waals surface area contributed by atoms with Gasteiger partial charge in [-0.3, -0.25) is 14.7 Å². The van der Waals surface area contributed by atoms with Gasteiger partial charge in [-0.2, -0.15) is 0 Å². The Labute approximate surface area is 136 Å². The third-order valence-electron chi connectivity index (χ3n) is 4.15. The number of likely N-dealkylation sites (N-methyl/N-ethyl adjacent to an activating group) is 1. The Morgan fingerprint density at radius 1 is 1.43 bits per heavy atom. The summed E-state index contributed by atoms with van der Waals surface area (Å²) in [5.41, 5.74) is 0.977. The zero-order chi connectivity index (χ0) is 16.8. The maximum atomic E-state index is 11.1. The maximum absolute atomic E-state index is 11.1. The molecule has 128 valence electrons. The first-order chi connectivity index (χ1) is 11.0. The number of carbonyl (C=O) groups excluding carboxylic acids is 1. The lowest BCUT2D eigenvalue weighted by Crippen LogP contribution is -2.50. The quantitative estimate of drug-likeness (QED) is 0.607. The van der Waals surface area contributed by atoms with E-state index in [0.717, 1.165) is 12.1 Å². The highest BCUT2D eigenvalue weighted by Gasteiger charge is 2.45. The molecule has 1 saturated heterocycles. The fourth-order valence-corrected chi connectivity index (χ4v) is 2.92. The normalized spacial score (nSPS) is 27.3. The minimum atomic E-state index is -0.799. The van der Waals surface area contributed by atoms with E-state index in [1.807, 2.05) is 30.1 Å². The molecule has 3 N–H and O–H groups in total. The standard InChI is InChI=1S/C16H25N3O4/c1-11(21)18-9-13-15(16(22)14(10-20)23-13)19(2)8-6-12-5-3-4-7-17-12/h3-5,7,13-16,20,22H,6,8-10H2,1-2H3,(H,18,21). The highest BCUT2D eigenvalue weighted by Crippen LogP contribution is 2.25. The fraction of sp³-hybridized carbons (Fsp3) is 0.625. The van der Waals surface area contributed by atoms with Gasteiger partial charge in [-0.25, -0.2) is 0 Å². The lowest BCUT2D eigenvalue weighted by molar-refractivity contribution is -0.119. The summed E-state index contributed by atoms with van der Waals surface area (Å²) in [5, 5.41) is 22.5. The molecule has 4 unspecified atom stereocenters. The number of pyridine rings is 1. The lowest BCUT2D eigenvalue weighted by Gasteiger charge is -2.30. The van der Waals surface area contributed by atoms with Gasteiger partial charge in [0.05, 0.1) is 18.8 Å². The van der Waals surface area contributed by atoms with Crippen molar-refractivity contribution in [2.45, 2.75) is 37.7 Å². The van der Waals surface area contributed by atoms with Crippen LogP contribution in [0.15, 0.2) is 24.4 Å². The third kappa shape index (κ3) is 4.71. The van der Waals surface area contributed by atoms with E-state index in [1.165, 1.54) is 6.92 Å². The minimum Gasteiger partial charge on any atom is -0.394 e. The Bertz CT molecular complexity index is 499. The lowest BCUT2D eigenvalue weighted by atomic mass is 10.0. The van der Waals surface area contributed by atoms with E-state index in [1.54, 1.807) is 6.20 Å². The van der Waals surface area contributed by atoms with E-state index in [9.17, 15) is 15.0 Å². The Morgan fingerprint density at radius 2 is 2.22 bits per heavy atom. The molecule has 0 aromatic carbocycles. The van der Waals surface area contributed by atoms with Gasteiger partial charge in [-0.05, 0) is 19.2 Å². The molecule has 1 fully saturated rings. The molecule has 1 aliphatic rings. The highest BCUT2D eigenvalue weighted by atomic mass is 16.5. The summed E-state index contributed by atoms with van der Waals surface area (Å²) in [6.45, 7) is 2.19. The van der Waals surface area contributed by atoms with E-state index in [0.29, 0.717) is 13.1 Å². The van der Waals surface area contributed by atoms with E-state index in [2.05, 4.69) is 10.3 Å². The van der Waals surface area contributed by atoms with Crippen molar-refractivity contribution in [2.75, 3.05) is 26.7 Å². The molecule has 0 radical (unpaired) electrons. The smallest absolute Gasteiger partial charge is 0.216 e. The average molecular weight is 323 g/mol. The zero-order valence-corrected chi connectivity index (χ0v) is 13.6. The van der Waals surface area contributed by atoms with Gasteiger partial charge in [0.15, 0.2) is 0 Å². The van der Waals surface area contributed by atoms with Crippen LogP contribution in [0, 0.1) is 0 Å². The Kier molecular flexibility index (Phi) is 6.47. The number of ether oxygens (including phenoxy) is 1. The molecule has 0 saturated carbocycles. The van der Waals surface area contributed by atoms with Gasteiger partial charge in [-0.15, -0.1) is 0 Å². The van der Waals surface area contributed by atoms with Crippen LogP contribution in [-0.4, -0.2) is 77.1 Å². The van der Waals surface area contributed by atoms with Gasteiger partial charge < -0.3 is 20.3 Å². The average Bonchev–Trinajstić information content (AvgIpc) is 2.87. The van der Waals surface area contributed by atoms with Crippen molar-refractivity contribution < 1.29 is 19.7 Å². The van der Waals surface area contributed by atoms with Gasteiger partial charge in [0.2, 0.25) is 5.91 Å². The first-order valence-corrected chi connectivity index (χ1v) is 7.82. The molecule has 7 nitrogen and oxygen atoms in total. The Morgan fingerprint density at radius 3 is 2.83 bits per heavy atom. The molecular formula is C16H25N3O4. The summed E-state index contributed by atoms with van der Waals surface area (Å²) in [5.74, 6) is -0.148. The minimum absolute atomic E-state index is 0.148. The molecule has 4 atom stereocenters. The largest absolute Gasteiger partial charge is 0.394 e. The summed E-state index contributed by atoms with van der Waals surface area (Å²) in [6.07, 6.45) is 0.713. The molecule has 1 aromatic rings. The van der Waals surface area contributed by atoms with Crippen LogP contribution in [0.2, 0.25) is 0 Å². The van der Waals surface area contributed by atoms with E-state index >= 15 is 0 Å². The molecule has 0 spiro atoms. The molecule has 23 heavy (non-hydrogen) atoms. The van der Waals surface area contributed by atoms with Gasteiger partial charge in [0, 0.05) is 38.3 Å². The van der Waals surface area contributed by atoms with Crippen LogP contribution in [-0.2, 0) is 16.0 Å². The number of hydrogen-bond acceptors (Lipinski definition) is 6. The highest BCUT2D eigenvalue weighted by molar-refractivity contribution is 5.72. The predicted molar refractivity (Wildman–Crippen MR) is 84.8 cm³/mol. The van der Waals surface area contributed by atoms with E-state index < -0.39 is 12.2 Å². The Balaban J connectivity index is 1.98. The monoisotopic (exact) mass is 323 g/mol. The topological polar surface area (TPSA) is 94.9 Å². The molecule has 0 aliphatic carbocycles. The van der Waals surface area contributed by atoms with Crippen molar-refractivity contribution in [3.8, 4) is 0 Å². The van der Waals surface area contributed by atoms with Crippen molar-refractivity contribution in [3.63, 3.8) is 0 Å². The number of nitrogens with one attached hydrogen (secondary N) is 1. The van der Waals surface area contributed by atoms with Crippen molar-refractivity contribution >= 4 is 5.91 Å². The Hall–Kier alpha value is -1.54. The van der Waals surface area contributed by atoms with Crippen LogP contribution in [0.4, 0.5) is 0 Å². The first-order valence-electron chi connectivity index (χ1n) is 7.82. The summed E-state index contributed by atoms with van der Waals surface area (Å²) in [4.78, 5) is 17.4. The fourth-order valence-electron chi connectivity index (χ4n) is 2.92. The number of amides is 1. The second-order valence-corrected chi connectivity index (χ2v) is 5.87. The third-order valence-corrected chi connectivity index (χ3v) is 4.15. The van der Waals surface area contributed by atoms with Gasteiger partial charge >= 0.3 is 0 Å². The number of aliphatic hydroxyl groups is 2. The number of nitrogens with zero attached hydrogens (tertiary/aromatic N) is 2. The van der Waals surface area contributed by atoms with Crippen LogP contribution >= 0.6 is 0 Å². The number of aliphatic hydroxyl groups excluding tert-OH is 2. The number of rotatable bonds is 7. The summed E-state index contributed by atoms with van der Waals surface area (Å²) in [7, 11) is 1.90. The molecule has 1 amide bonds. The second-order valence-electron chi connectivity index (χ2n) is 5.87. The molecule has 1 aromatic heterocycles. The van der Waals surface area contributed by atoms with Gasteiger partial charge in [0.1, 0.15) is 12.2 Å². The molecular weight excluding hydrogens is 298 g/mol. The molecule has 0 bridgehead atoms. The van der Waals surface area contributed by atoms with Crippen molar-refractivity contribution in [1.29, 1.82) is 0 Å². The van der Waals surface area contributed by atoms with Crippen LogP contribution < -0.4 is 5.32 Å². The number of hydrogen-bond donors (Lipinski definition) is 3. The van der Waals surface area contributed by atoms with Crippen LogP contribution in [0.25, 0.3) is 0 Å². The SMILES string of the molecule is CC(=O)NCC1OC(CO)C(O)C1N(C)CCc1ccccn1. The number of aromatic nitrogens is 1. The van der Waals surface area contributed by atoms with E-state index in [4.69, 9.17) is 4.74 Å². The maximum Gasteiger partial charge on any atom is 0.216 e. The molecule has 7 heteroatoms. The summed E-state index contributed by atoms with van der Waals surface area (Å²) >= 11 is 0. The summed E-state index contributed by atoms with van der Waals surface area (Å²) < 4.78 is 5.69. The van der Waals surface area contributed by atoms with Gasteiger partial charge in [-0.1, -0.05) is 6.07 Å². The van der Waals surface area contributed by atoms with Crippen LogP contribution in [0.5, 0.6) is 0 Å². The van der Waals surface area contributed by atoms with Crippen molar-refractivity contribution in [3.05, 3.63) is 30.1 Å². The first kappa shape index (κ1) is 17.8. The van der Waals surface area contributed by atoms with Crippen LogP contribution in [0.1, 0.15) is 12.6 Å². The van der Waals surface area contributed by atoms with Crippen molar-refractivity contribution in [2.24, 2.45) is 0 Å². The predicted octanol–water partition coefficient (Wildman–Crippen LogP) is -0.819. The molecule has 2 rings (SSSR count). The van der Waals surface area contributed by atoms with E-state index in [-0.39, 0.29) is 24.7 Å². The molecule has 1 aliphatic heterocycles. The summed E-state index contributed by atoms with van der Waals surface area (Å²) in [6, 6.07) is 5.48. The van der Waals surface area contributed by atoms with Crippen LogP contribution in [0.3, 0.4) is 0 Å².